The Labute approximate surface area is 117 Å². The molecule has 0 aliphatic carbocycles. The maximum Gasteiger partial charge on any atom is 0.243 e. The summed E-state index contributed by atoms with van der Waals surface area (Å²) in [5.41, 5.74) is 0. The van der Waals surface area contributed by atoms with E-state index in [0.29, 0.717) is 35.4 Å². The highest BCUT2D eigenvalue weighted by Gasteiger charge is 2.29. The number of nitrogens with zero attached hydrogens (tertiary/aromatic N) is 1. The number of ether oxygens (including phenoxy) is 1. The number of piperidine rings is 1. The first-order valence-corrected chi connectivity index (χ1v) is 8.57. The van der Waals surface area contributed by atoms with Gasteiger partial charge in [0, 0.05) is 37.1 Å². The molecule has 5 nitrogen and oxygen atoms in total. The van der Waals surface area contributed by atoms with Crippen molar-refractivity contribution >= 4 is 21.4 Å². The average molecular weight is 305 g/mol. The van der Waals surface area contributed by atoms with Crippen molar-refractivity contribution in [1.29, 1.82) is 0 Å². The van der Waals surface area contributed by atoms with Gasteiger partial charge in [0.2, 0.25) is 10.0 Å². The summed E-state index contributed by atoms with van der Waals surface area (Å²) < 4.78 is 31.4. The lowest BCUT2D eigenvalue weighted by molar-refractivity contribution is 0.121. The van der Waals surface area contributed by atoms with Gasteiger partial charge in [-0.2, -0.15) is 4.31 Å². The van der Waals surface area contributed by atoms with Crippen LogP contribution in [-0.4, -0.2) is 44.6 Å². The van der Waals surface area contributed by atoms with E-state index in [4.69, 9.17) is 9.84 Å². The molecule has 1 aliphatic rings. The van der Waals surface area contributed by atoms with Gasteiger partial charge in [-0.15, -0.1) is 11.3 Å². The van der Waals surface area contributed by atoms with Crippen LogP contribution in [-0.2, 0) is 21.4 Å². The molecule has 2 heterocycles. The molecule has 2 rings (SSSR count). The summed E-state index contributed by atoms with van der Waals surface area (Å²) in [7, 11) is -1.73. The minimum Gasteiger partial charge on any atom is -0.391 e. The molecule has 108 valence electrons. The van der Waals surface area contributed by atoms with Crippen molar-refractivity contribution in [2.75, 3.05) is 26.8 Å². The van der Waals surface area contributed by atoms with Crippen molar-refractivity contribution in [3.05, 3.63) is 16.3 Å². The second-order valence-corrected chi connectivity index (χ2v) is 7.64. The molecular weight excluding hydrogens is 286 g/mol. The summed E-state index contributed by atoms with van der Waals surface area (Å²) in [6, 6.07) is 1.56. The summed E-state index contributed by atoms with van der Waals surface area (Å²) in [6.45, 7) is 1.67. The van der Waals surface area contributed by atoms with E-state index in [1.807, 2.05) is 0 Å². The summed E-state index contributed by atoms with van der Waals surface area (Å²) >= 11 is 1.27. The normalized spacial score (nSPS) is 18.8. The van der Waals surface area contributed by atoms with E-state index < -0.39 is 10.0 Å². The number of thiophene rings is 1. The van der Waals surface area contributed by atoms with E-state index in [2.05, 4.69) is 0 Å². The Morgan fingerprint density at radius 2 is 2.16 bits per heavy atom. The van der Waals surface area contributed by atoms with Gasteiger partial charge in [-0.25, -0.2) is 8.42 Å². The first kappa shape index (κ1) is 14.9. The number of sulfonamides is 1. The molecule has 7 heteroatoms. The van der Waals surface area contributed by atoms with Gasteiger partial charge in [-0.3, -0.25) is 0 Å². The molecule has 1 aliphatic heterocycles. The second kappa shape index (κ2) is 6.32. The highest BCUT2D eigenvalue weighted by atomic mass is 32.2. The summed E-state index contributed by atoms with van der Waals surface area (Å²) in [5, 5.41) is 10.6. The third-order valence-electron chi connectivity index (χ3n) is 3.40. The fourth-order valence-corrected chi connectivity index (χ4v) is 4.87. The lowest BCUT2D eigenvalue weighted by atomic mass is 9.99. The van der Waals surface area contributed by atoms with Crippen LogP contribution in [0.1, 0.15) is 17.7 Å². The molecule has 19 heavy (non-hydrogen) atoms. The molecule has 0 atom stereocenters. The Balaban J connectivity index is 2.05. The average Bonchev–Trinajstić information content (AvgIpc) is 2.89. The highest BCUT2D eigenvalue weighted by Crippen LogP contribution is 2.26. The van der Waals surface area contributed by atoms with Gasteiger partial charge < -0.3 is 9.84 Å². The molecular formula is C12H19NO4S2. The molecule has 0 amide bonds. The minimum absolute atomic E-state index is 0.115. The van der Waals surface area contributed by atoms with Crippen molar-refractivity contribution in [2.45, 2.75) is 24.3 Å². The fraction of sp³-hybridized carbons (Fsp3) is 0.667. The van der Waals surface area contributed by atoms with E-state index in [0.717, 1.165) is 12.8 Å². The van der Waals surface area contributed by atoms with E-state index in [1.54, 1.807) is 18.6 Å². The molecule has 0 bridgehead atoms. The van der Waals surface area contributed by atoms with Crippen LogP contribution in [0, 0.1) is 5.92 Å². The quantitative estimate of drug-likeness (QED) is 0.890. The maximum atomic E-state index is 12.4. The van der Waals surface area contributed by atoms with Gasteiger partial charge in [-0.05, 0) is 24.8 Å². The van der Waals surface area contributed by atoms with E-state index in [-0.39, 0.29) is 6.61 Å². The third kappa shape index (κ3) is 3.35. The molecule has 1 aromatic rings. The fourth-order valence-electron chi connectivity index (χ4n) is 2.28. The Morgan fingerprint density at radius 3 is 2.68 bits per heavy atom. The van der Waals surface area contributed by atoms with Crippen LogP contribution >= 0.6 is 11.3 Å². The standard InChI is InChI=1S/C12H19NO4S2/c1-17-8-10-2-4-13(5-3-10)19(15,16)12-6-11(7-14)18-9-12/h6,9-10,14H,2-5,7-8H2,1H3. The molecule has 1 aromatic heterocycles. The van der Waals surface area contributed by atoms with Crippen LogP contribution in [0.15, 0.2) is 16.3 Å². The second-order valence-electron chi connectivity index (χ2n) is 4.71. The number of aliphatic hydroxyl groups excluding tert-OH is 1. The van der Waals surface area contributed by atoms with Gasteiger partial charge in [0.1, 0.15) is 0 Å². The van der Waals surface area contributed by atoms with Crippen molar-refractivity contribution in [3.63, 3.8) is 0 Å². The van der Waals surface area contributed by atoms with Crippen molar-refractivity contribution in [3.8, 4) is 0 Å². The lowest BCUT2D eigenvalue weighted by Crippen LogP contribution is -2.39. The zero-order valence-corrected chi connectivity index (χ0v) is 12.5. The molecule has 0 spiro atoms. The van der Waals surface area contributed by atoms with Gasteiger partial charge >= 0.3 is 0 Å². The number of hydrogen-bond donors (Lipinski definition) is 1. The Kier molecular flexibility index (Phi) is 4.97. The third-order valence-corrected chi connectivity index (χ3v) is 6.35. The van der Waals surface area contributed by atoms with Crippen molar-refractivity contribution in [1.82, 2.24) is 4.31 Å². The van der Waals surface area contributed by atoms with E-state index in [9.17, 15) is 8.42 Å². The minimum atomic E-state index is -3.40. The van der Waals surface area contributed by atoms with Gasteiger partial charge in [0.15, 0.2) is 0 Å². The van der Waals surface area contributed by atoms with Crippen LogP contribution < -0.4 is 0 Å². The Morgan fingerprint density at radius 1 is 1.47 bits per heavy atom. The number of aliphatic hydroxyl groups is 1. The summed E-state index contributed by atoms with van der Waals surface area (Å²) in [6.07, 6.45) is 1.67. The van der Waals surface area contributed by atoms with Crippen LogP contribution in [0.5, 0.6) is 0 Å². The van der Waals surface area contributed by atoms with Crippen molar-refractivity contribution < 1.29 is 18.3 Å². The Hall–Kier alpha value is -0.470. The molecule has 1 N–H and O–H groups in total. The zero-order chi connectivity index (χ0) is 13.9. The van der Waals surface area contributed by atoms with Crippen LogP contribution in [0.2, 0.25) is 0 Å². The topological polar surface area (TPSA) is 66.8 Å². The number of methoxy groups -OCH3 is 1. The molecule has 0 unspecified atom stereocenters. The molecule has 0 saturated carbocycles. The predicted octanol–water partition coefficient (Wildman–Crippen LogP) is 1.29. The van der Waals surface area contributed by atoms with Gasteiger partial charge in [-0.1, -0.05) is 0 Å². The highest BCUT2D eigenvalue weighted by molar-refractivity contribution is 7.89. The smallest absolute Gasteiger partial charge is 0.243 e. The van der Waals surface area contributed by atoms with Crippen LogP contribution in [0.4, 0.5) is 0 Å². The zero-order valence-electron chi connectivity index (χ0n) is 10.9. The first-order chi connectivity index (χ1) is 9.07. The lowest BCUT2D eigenvalue weighted by Gasteiger charge is -2.30. The molecule has 1 saturated heterocycles. The van der Waals surface area contributed by atoms with E-state index in [1.165, 1.54) is 15.6 Å². The first-order valence-electron chi connectivity index (χ1n) is 6.25. The molecule has 0 aromatic carbocycles. The monoisotopic (exact) mass is 305 g/mol. The van der Waals surface area contributed by atoms with Gasteiger partial charge in [0.05, 0.1) is 11.5 Å². The maximum absolute atomic E-state index is 12.4. The van der Waals surface area contributed by atoms with E-state index >= 15 is 0 Å². The predicted molar refractivity (Wildman–Crippen MR) is 73.6 cm³/mol. The number of hydrogen-bond acceptors (Lipinski definition) is 5. The summed E-state index contributed by atoms with van der Waals surface area (Å²) in [5.74, 6) is 0.451. The van der Waals surface area contributed by atoms with Crippen molar-refractivity contribution in [2.24, 2.45) is 5.92 Å². The largest absolute Gasteiger partial charge is 0.391 e. The number of rotatable bonds is 5. The molecule has 1 fully saturated rings. The van der Waals surface area contributed by atoms with Gasteiger partial charge in [0.25, 0.3) is 0 Å². The summed E-state index contributed by atoms with van der Waals surface area (Å²) in [4.78, 5) is 0.972. The Bertz CT molecular complexity index is 504. The van der Waals surface area contributed by atoms with Crippen LogP contribution in [0.3, 0.4) is 0 Å². The SMILES string of the molecule is COCC1CCN(S(=O)(=O)c2csc(CO)c2)CC1. The van der Waals surface area contributed by atoms with Crippen LogP contribution in [0.25, 0.3) is 0 Å². The molecule has 0 radical (unpaired) electrons.